The monoisotopic (exact) mass is 326 g/mol. The molecule has 3 rings (SSSR count). The Morgan fingerprint density at radius 3 is 2.23 bits per heavy atom. The summed E-state index contributed by atoms with van der Waals surface area (Å²) >= 11 is 12.4. The van der Waals surface area contributed by atoms with Gasteiger partial charge in [0.25, 0.3) is 0 Å². The van der Waals surface area contributed by atoms with Crippen molar-refractivity contribution in [1.29, 1.82) is 0 Å². The van der Waals surface area contributed by atoms with Crippen LogP contribution in [0.3, 0.4) is 0 Å². The Kier molecular flexibility index (Phi) is 4.28. The Balaban J connectivity index is 2.21. The lowest BCUT2D eigenvalue weighted by Gasteiger charge is -2.11. The van der Waals surface area contributed by atoms with Gasteiger partial charge in [0.05, 0.1) is 0 Å². The quantitative estimate of drug-likeness (QED) is 0.528. The summed E-state index contributed by atoms with van der Waals surface area (Å²) < 4.78 is 0. The van der Waals surface area contributed by atoms with E-state index in [-0.39, 0.29) is 0 Å². The molecule has 22 heavy (non-hydrogen) atoms. The van der Waals surface area contributed by atoms with E-state index in [1.54, 1.807) is 18.2 Å². The van der Waals surface area contributed by atoms with Gasteiger partial charge in [0.2, 0.25) is 0 Å². The van der Waals surface area contributed by atoms with Gasteiger partial charge >= 0.3 is 0 Å². The van der Waals surface area contributed by atoms with Gasteiger partial charge in [-0.15, -0.1) is 0 Å². The van der Waals surface area contributed by atoms with E-state index in [2.05, 4.69) is 0 Å². The highest BCUT2D eigenvalue weighted by molar-refractivity contribution is 6.35. The van der Waals surface area contributed by atoms with Gasteiger partial charge in [-0.25, -0.2) is 0 Å². The van der Waals surface area contributed by atoms with Crippen LogP contribution in [0.1, 0.15) is 10.4 Å². The molecule has 0 aliphatic rings. The standard InChI is InChI=1S/C19H12Cl2O/c20-16-8-9-19(21)18(11-16)17-10-14(6-7-15(17)12-22)13-4-2-1-3-5-13/h1-12H. The normalized spacial score (nSPS) is 10.5. The molecule has 0 unspecified atom stereocenters. The van der Waals surface area contributed by atoms with Crippen LogP contribution >= 0.6 is 23.2 Å². The average molecular weight is 327 g/mol. The minimum atomic E-state index is 0.567. The first-order valence-electron chi connectivity index (χ1n) is 6.79. The summed E-state index contributed by atoms with van der Waals surface area (Å²) in [5.74, 6) is 0. The summed E-state index contributed by atoms with van der Waals surface area (Å²) in [5, 5.41) is 1.15. The molecule has 0 N–H and O–H groups in total. The molecule has 3 aromatic carbocycles. The SMILES string of the molecule is O=Cc1ccc(-c2ccccc2)cc1-c1cc(Cl)ccc1Cl. The third-order valence-corrected chi connectivity index (χ3v) is 4.07. The second-order valence-corrected chi connectivity index (χ2v) is 5.75. The van der Waals surface area contributed by atoms with Crippen LogP contribution in [0, 0.1) is 0 Å². The fourth-order valence-corrected chi connectivity index (χ4v) is 2.80. The molecule has 0 fully saturated rings. The van der Waals surface area contributed by atoms with Crippen LogP contribution in [0.15, 0.2) is 66.7 Å². The number of hydrogen-bond acceptors (Lipinski definition) is 1. The fraction of sp³-hybridized carbons (Fsp3) is 0. The van der Waals surface area contributed by atoms with Crippen molar-refractivity contribution in [3.8, 4) is 22.3 Å². The fourth-order valence-electron chi connectivity index (χ4n) is 2.41. The number of halogens is 2. The van der Waals surface area contributed by atoms with Gasteiger partial charge < -0.3 is 0 Å². The second-order valence-electron chi connectivity index (χ2n) is 4.91. The van der Waals surface area contributed by atoms with Crippen LogP contribution < -0.4 is 0 Å². The van der Waals surface area contributed by atoms with Gasteiger partial charge in [-0.05, 0) is 41.0 Å². The molecule has 0 spiro atoms. The van der Waals surface area contributed by atoms with E-state index in [0.29, 0.717) is 15.6 Å². The summed E-state index contributed by atoms with van der Waals surface area (Å²) in [5.41, 5.74) is 4.23. The van der Waals surface area contributed by atoms with Crippen molar-refractivity contribution in [2.45, 2.75) is 0 Å². The van der Waals surface area contributed by atoms with Crippen LogP contribution in [0.2, 0.25) is 10.0 Å². The van der Waals surface area contributed by atoms with Crippen molar-refractivity contribution in [3.05, 3.63) is 82.3 Å². The van der Waals surface area contributed by atoms with Crippen LogP contribution in [-0.2, 0) is 0 Å². The molecule has 0 saturated carbocycles. The first kappa shape index (κ1) is 14.8. The zero-order valence-corrected chi connectivity index (χ0v) is 13.1. The van der Waals surface area contributed by atoms with E-state index >= 15 is 0 Å². The lowest BCUT2D eigenvalue weighted by Crippen LogP contribution is -1.90. The van der Waals surface area contributed by atoms with E-state index in [4.69, 9.17) is 23.2 Å². The highest BCUT2D eigenvalue weighted by atomic mass is 35.5. The first-order valence-corrected chi connectivity index (χ1v) is 7.55. The molecule has 0 bridgehead atoms. The predicted octanol–water partition coefficient (Wildman–Crippen LogP) is 6.14. The molecule has 1 nitrogen and oxygen atoms in total. The first-order chi connectivity index (χ1) is 10.7. The molecule has 0 atom stereocenters. The van der Waals surface area contributed by atoms with Gasteiger partial charge in [-0.2, -0.15) is 0 Å². The molecule has 3 aromatic rings. The minimum Gasteiger partial charge on any atom is -0.298 e. The Labute approximate surface area is 139 Å². The van der Waals surface area contributed by atoms with Crippen molar-refractivity contribution in [2.75, 3.05) is 0 Å². The number of carbonyl (C=O) groups is 1. The maximum Gasteiger partial charge on any atom is 0.150 e. The number of aldehydes is 1. The van der Waals surface area contributed by atoms with Crippen molar-refractivity contribution < 1.29 is 4.79 Å². The summed E-state index contributed by atoms with van der Waals surface area (Å²) in [6.07, 6.45) is 0.835. The average Bonchev–Trinajstić information content (AvgIpc) is 2.57. The number of benzene rings is 3. The molecule has 0 aliphatic heterocycles. The maximum atomic E-state index is 11.4. The van der Waals surface area contributed by atoms with Crippen LogP contribution in [0.25, 0.3) is 22.3 Å². The summed E-state index contributed by atoms with van der Waals surface area (Å²) in [6, 6.07) is 20.9. The Morgan fingerprint density at radius 1 is 0.727 bits per heavy atom. The van der Waals surface area contributed by atoms with Crippen LogP contribution in [-0.4, -0.2) is 6.29 Å². The number of carbonyl (C=O) groups excluding carboxylic acids is 1. The lowest BCUT2D eigenvalue weighted by molar-refractivity contribution is 0.112. The van der Waals surface area contributed by atoms with Gasteiger partial charge in [0, 0.05) is 21.2 Å². The van der Waals surface area contributed by atoms with Crippen molar-refractivity contribution in [1.82, 2.24) is 0 Å². The van der Waals surface area contributed by atoms with Gasteiger partial charge in [-0.3, -0.25) is 4.79 Å². The smallest absolute Gasteiger partial charge is 0.150 e. The van der Waals surface area contributed by atoms with Gasteiger partial charge in [0.1, 0.15) is 0 Å². The number of hydrogen-bond donors (Lipinski definition) is 0. The van der Waals surface area contributed by atoms with Gasteiger partial charge in [-0.1, -0.05) is 65.7 Å². The second kappa shape index (κ2) is 6.35. The highest BCUT2D eigenvalue weighted by Gasteiger charge is 2.11. The topological polar surface area (TPSA) is 17.1 Å². The molecule has 0 aliphatic carbocycles. The summed E-state index contributed by atoms with van der Waals surface area (Å²) in [6.45, 7) is 0. The lowest BCUT2D eigenvalue weighted by atomic mass is 9.95. The molecular weight excluding hydrogens is 315 g/mol. The number of rotatable bonds is 3. The van der Waals surface area contributed by atoms with Crippen LogP contribution in [0.5, 0.6) is 0 Å². The molecule has 0 amide bonds. The van der Waals surface area contributed by atoms with Crippen molar-refractivity contribution in [3.63, 3.8) is 0 Å². The van der Waals surface area contributed by atoms with Crippen molar-refractivity contribution in [2.24, 2.45) is 0 Å². The largest absolute Gasteiger partial charge is 0.298 e. The van der Waals surface area contributed by atoms with Crippen LogP contribution in [0.4, 0.5) is 0 Å². The van der Waals surface area contributed by atoms with E-state index in [1.807, 2.05) is 48.5 Å². The highest BCUT2D eigenvalue weighted by Crippen LogP contribution is 2.35. The van der Waals surface area contributed by atoms with E-state index in [1.165, 1.54) is 0 Å². The molecule has 0 radical (unpaired) electrons. The Hall–Kier alpha value is -2.09. The van der Waals surface area contributed by atoms with E-state index in [0.717, 1.165) is 28.5 Å². The minimum absolute atomic E-state index is 0.567. The molecule has 0 saturated heterocycles. The van der Waals surface area contributed by atoms with E-state index in [9.17, 15) is 4.79 Å². The van der Waals surface area contributed by atoms with Crippen molar-refractivity contribution >= 4 is 29.5 Å². The molecule has 3 heteroatoms. The summed E-state index contributed by atoms with van der Waals surface area (Å²) in [7, 11) is 0. The summed E-state index contributed by atoms with van der Waals surface area (Å²) in [4.78, 5) is 11.4. The third-order valence-electron chi connectivity index (χ3n) is 3.51. The molecular formula is C19H12Cl2O. The maximum absolute atomic E-state index is 11.4. The Bertz CT molecular complexity index is 826. The van der Waals surface area contributed by atoms with E-state index < -0.39 is 0 Å². The molecule has 0 aromatic heterocycles. The zero-order valence-electron chi connectivity index (χ0n) is 11.6. The molecule has 0 heterocycles. The third kappa shape index (κ3) is 2.92. The molecule has 108 valence electrons. The van der Waals surface area contributed by atoms with Gasteiger partial charge in [0.15, 0.2) is 6.29 Å². The Morgan fingerprint density at radius 2 is 1.50 bits per heavy atom. The zero-order chi connectivity index (χ0) is 15.5. The predicted molar refractivity (Wildman–Crippen MR) is 92.7 cm³/mol.